The zero-order chi connectivity index (χ0) is 39.9. The van der Waals surface area contributed by atoms with Crippen LogP contribution in [-0.4, -0.2) is 89.6 Å². The van der Waals surface area contributed by atoms with Gasteiger partial charge in [0.1, 0.15) is 17.7 Å². The molecule has 0 spiro atoms. The minimum Gasteiger partial charge on any atom is -0.369 e. The van der Waals surface area contributed by atoms with Gasteiger partial charge >= 0.3 is 0 Å². The molecule has 0 radical (unpaired) electrons. The van der Waals surface area contributed by atoms with Crippen LogP contribution in [0.1, 0.15) is 65.5 Å². The summed E-state index contributed by atoms with van der Waals surface area (Å²) in [6.07, 6.45) is 1.66. The lowest BCUT2D eigenvalue weighted by Crippen LogP contribution is -2.54. The van der Waals surface area contributed by atoms with Crippen molar-refractivity contribution < 1.29 is 32.0 Å². The Labute approximate surface area is 323 Å². The second kappa shape index (κ2) is 15.0. The molecule has 4 aromatic rings. The van der Waals surface area contributed by atoms with Gasteiger partial charge in [-0.2, -0.15) is 4.98 Å². The molecular formula is C39H42FN9O6S. The highest BCUT2D eigenvalue weighted by Gasteiger charge is 2.46. The van der Waals surface area contributed by atoms with Crippen molar-refractivity contribution in [2.24, 2.45) is 0 Å². The van der Waals surface area contributed by atoms with Gasteiger partial charge in [0.05, 0.1) is 16.0 Å². The zero-order valence-electron chi connectivity index (χ0n) is 31.3. The molecule has 4 amide bonds. The molecule has 292 valence electrons. The number of halogens is 1. The highest BCUT2D eigenvalue weighted by molar-refractivity contribution is 7.89. The fourth-order valence-electron chi connectivity index (χ4n) is 6.97. The van der Waals surface area contributed by atoms with E-state index in [2.05, 4.69) is 40.4 Å². The first-order valence-electron chi connectivity index (χ1n) is 18.2. The van der Waals surface area contributed by atoms with Gasteiger partial charge < -0.3 is 15.5 Å². The Morgan fingerprint density at radius 3 is 2.34 bits per heavy atom. The Bertz CT molecular complexity index is 2340. The average molecular weight is 784 g/mol. The summed E-state index contributed by atoms with van der Waals surface area (Å²) in [5.41, 5.74) is 2.61. The van der Waals surface area contributed by atoms with Gasteiger partial charge in [0.15, 0.2) is 0 Å². The molecule has 3 aliphatic heterocycles. The summed E-state index contributed by atoms with van der Waals surface area (Å²) in [5.74, 6) is -2.76. The third-order valence-corrected chi connectivity index (χ3v) is 11.4. The van der Waals surface area contributed by atoms with Crippen molar-refractivity contribution in [3.8, 4) is 0 Å². The first kappa shape index (κ1) is 38.5. The molecule has 0 saturated carbocycles. The highest BCUT2D eigenvalue weighted by atomic mass is 32.2. The van der Waals surface area contributed by atoms with Crippen LogP contribution in [0.5, 0.6) is 0 Å². The Kier molecular flexibility index (Phi) is 10.3. The zero-order valence-corrected chi connectivity index (χ0v) is 32.2. The van der Waals surface area contributed by atoms with Crippen LogP contribution in [0.25, 0.3) is 0 Å². The molecule has 1 unspecified atom stereocenters. The van der Waals surface area contributed by atoms with E-state index < -0.39 is 51.0 Å². The van der Waals surface area contributed by atoms with Crippen LogP contribution >= 0.6 is 0 Å². The second-order valence-corrected chi connectivity index (χ2v) is 16.8. The smallest absolute Gasteiger partial charge is 0.265 e. The third-order valence-electron chi connectivity index (χ3n) is 9.64. The number of piperidine rings is 1. The highest BCUT2D eigenvalue weighted by Crippen LogP contribution is 2.31. The minimum absolute atomic E-state index is 0.000909. The molecule has 0 bridgehead atoms. The maximum atomic E-state index is 15.3. The number of sulfonamides is 1. The number of anilines is 5. The molecule has 3 aliphatic rings. The Balaban J connectivity index is 0.945. The maximum Gasteiger partial charge on any atom is 0.265 e. The van der Waals surface area contributed by atoms with E-state index in [1.165, 1.54) is 18.2 Å². The first-order valence-corrected chi connectivity index (χ1v) is 19.7. The number of piperazine rings is 1. The van der Waals surface area contributed by atoms with Gasteiger partial charge in [0.2, 0.25) is 27.8 Å². The number of imide groups is 2. The van der Waals surface area contributed by atoms with E-state index in [9.17, 15) is 27.6 Å². The fourth-order valence-corrected chi connectivity index (χ4v) is 8.43. The van der Waals surface area contributed by atoms with Gasteiger partial charge in [-0.25, -0.2) is 22.5 Å². The van der Waals surface area contributed by atoms with Crippen LogP contribution in [0.4, 0.5) is 33.2 Å². The number of carbonyl (C=O) groups is 4. The predicted molar refractivity (Wildman–Crippen MR) is 207 cm³/mol. The average Bonchev–Trinajstić information content (AvgIpc) is 3.38. The standard InChI is InChI=1S/C39H42FN9O6S/c1-23-21-41-38(45-34(23)42-26-6-5-7-28(20-26)56(54,55)46-39(2,3)4)43-25-8-10-27(11-9-25)48-16-14-47(15-17-48)22-24-18-29-33(30(40)19-24)37(53)49(36(29)52)31-12-13-32(50)44-35(31)51/h5-11,18-21,31,46H,12-17,22H2,1-4H3,(H,44,50,51)(H2,41,42,43,45). The quantitative estimate of drug-likeness (QED) is 0.168. The van der Waals surface area contributed by atoms with E-state index in [1.807, 2.05) is 31.2 Å². The number of rotatable bonds is 10. The van der Waals surface area contributed by atoms with Crippen LogP contribution in [0.2, 0.25) is 0 Å². The molecule has 15 nitrogen and oxygen atoms in total. The Hall–Kier alpha value is -5.78. The van der Waals surface area contributed by atoms with Crippen molar-refractivity contribution in [2.45, 2.75) is 63.6 Å². The number of carbonyl (C=O) groups excluding carboxylic acids is 4. The Morgan fingerprint density at radius 1 is 0.911 bits per heavy atom. The number of amides is 4. The van der Waals surface area contributed by atoms with E-state index in [4.69, 9.17) is 0 Å². The molecule has 4 N–H and O–H groups in total. The van der Waals surface area contributed by atoms with E-state index in [-0.39, 0.29) is 28.9 Å². The van der Waals surface area contributed by atoms with Crippen molar-refractivity contribution in [1.82, 2.24) is 29.8 Å². The molecule has 4 heterocycles. The summed E-state index contributed by atoms with van der Waals surface area (Å²) in [6, 6.07) is 16.0. The van der Waals surface area contributed by atoms with Crippen LogP contribution < -0.4 is 25.6 Å². The number of hydrogen-bond donors (Lipinski definition) is 4. The van der Waals surface area contributed by atoms with Crippen LogP contribution in [0, 0.1) is 12.7 Å². The molecule has 7 rings (SSSR count). The van der Waals surface area contributed by atoms with Crippen molar-refractivity contribution in [1.29, 1.82) is 0 Å². The maximum absolute atomic E-state index is 15.3. The van der Waals surface area contributed by atoms with Gasteiger partial charge in [-0.05, 0) is 94.3 Å². The molecule has 3 aromatic carbocycles. The molecule has 1 atom stereocenters. The molecule has 17 heteroatoms. The number of benzene rings is 3. The van der Waals surface area contributed by atoms with Gasteiger partial charge in [-0.1, -0.05) is 6.07 Å². The number of nitrogens with zero attached hydrogens (tertiary/aromatic N) is 5. The molecule has 2 fully saturated rings. The van der Waals surface area contributed by atoms with Crippen molar-refractivity contribution in [3.05, 3.63) is 94.9 Å². The fraction of sp³-hybridized carbons (Fsp3) is 0.333. The van der Waals surface area contributed by atoms with Crippen LogP contribution in [0.15, 0.2) is 71.8 Å². The molecule has 2 saturated heterocycles. The van der Waals surface area contributed by atoms with Crippen molar-refractivity contribution in [3.63, 3.8) is 0 Å². The van der Waals surface area contributed by atoms with E-state index >= 15 is 4.39 Å². The van der Waals surface area contributed by atoms with Crippen LogP contribution in [0.3, 0.4) is 0 Å². The number of aromatic nitrogens is 2. The van der Waals surface area contributed by atoms with Crippen molar-refractivity contribution >= 4 is 62.5 Å². The summed E-state index contributed by atoms with van der Waals surface area (Å²) in [4.78, 5) is 64.6. The third kappa shape index (κ3) is 8.24. The summed E-state index contributed by atoms with van der Waals surface area (Å²) in [7, 11) is -3.72. The summed E-state index contributed by atoms with van der Waals surface area (Å²) >= 11 is 0. The number of hydrogen-bond acceptors (Lipinski definition) is 12. The molecule has 0 aliphatic carbocycles. The minimum atomic E-state index is -3.72. The number of nitrogens with one attached hydrogen (secondary N) is 4. The molecule has 1 aromatic heterocycles. The molecule has 56 heavy (non-hydrogen) atoms. The Morgan fingerprint density at radius 2 is 1.64 bits per heavy atom. The van der Waals surface area contributed by atoms with E-state index in [0.717, 1.165) is 21.8 Å². The SMILES string of the molecule is Cc1cnc(Nc2ccc(N3CCN(Cc4cc(F)c5c(c4)C(=O)N(C4CCC(=O)NC4=O)C5=O)CC3)cc2)nc1Nc1cccc(S(=O)(=O)NC(C)(C)C)c1. The largest absolute Gasteiger partial charge is 0.369 e. The topological polar surface area (TPSA) is 186 Å². The lowest BCUT2D eigenvalue weighted by atomic mass is 10.0. The number of aryl methyl sites for hydroxylation is 1. The van der Waals surface area contributed by atoms with Gasteiger partial charge in [0.25, 0.3) is 11.8 Å². The monoisotopic (exact) mass is 783 g/mol. The lowest BCUT2D eigenvalue weighted by molar-refractivity contribution is -0.136. The summed E-state index contributed by atoms with van der Waals surface area (Å²) in [5, 5.41) is 8.59. The van der Waals surface area contributed by atoms with Gasteiger partial charge in [0, 0.05) is 73.5 Å². The van der Waals surface area contributed by atoms with Gasteiger partial charge in [-0.15, -0.1) is 0 Å². The van der Waals surface area contributed by atoms with Crippen molar-refractivity contribution in [2.75, 3.05) is 41.7 Å². The normalized spacial score (nSPS) is 17.9. The lowest BCUT2D eigenvalue weighted by Gasteiger charge is -2.36. The number of fused-ring (bicyclic) bond motifs is 1. The predicted octanol–water partition coefficient (Wildman–Crippen LogP) is 4.21. The van der Waals surface area contributed by atoms with E-state index in [0.29, 0.717) is 55.7 Å². The molecular weight excluding hydrogens is 742 g/mol. The van der Waals surface area contributed by atoms with Gasteiger partial charge in [-0.3, -0.25) is 34.3 Å². The van der Waals surface area contributed by atoms with Crippen LogP contribution in [-0.2, 0) is 26.2 Å². The second-order valence-electron chi connectivity index (χ2n) is 15.1. The summed E-state index contributed by atoms with van der Waals surface area (Å²) < 4.78 is 43.7. The first-order chi connectivity index (χ1) is 26.5. The summed E-state index contributed by atoms with van der Waals surface area (Å²) in [6.45, 7) is 10.3. The van der Waals surface area contributed by atoms with E-state index in [1.54, 1.807) is 45.2 Å².